The van der Waals surface area contributed by atoms with Crippen molar-refractivity contribution in [1.82, 2.24) is 4.98 Å². The second-order valence-electron chi connectivity index (χ2n) is 5.05. The topological polar surface area (TPSA) is 73.3 Å². The molecule has 0 aliphatic carbocycles. The summed E-state index contributed by atoms with van der Waals surface area (Å²) >= 11 is 0. The summed E-state index contributed by atoms with van der Waals surface area (Å²) in [6, 6.07) is 5.98. The molecule has 0 spiro atoms. The summed E-state index contributed by atoms with van der Waals surface area (Å²) < 4.78 is 11.2. The van der Waals surface area contributed by atoms with Crippen LogP contribution in [-0.4, -0.2) is 23.2 Å². The van der Waals surface area contributed by atoms with Crippen LogP contribution in [0.2, 0.25) is 0 Å². The molecule has 2 unspecified atom stereocenters. The summed E-state index contributed by atoms with van der Waals surface area (Å²) in [5.74, 6) is 0. The van der Waals surface area contributed by atoms with Gasteiger partial charge in [0.2, 0.25) is 0 Å². The number of nitrogens with one attached hydrogen (secondary N) is 1. The fourth-order valence-corrected chi connectivity index (χ4v) is 2.24. The largest absolute Gasteiger partial charge is 0.423 e. The Morgan fingerprint density at radius 1 is 1.50 bits per heavy atom. The number of hydrogen-bond acceptors (Lipinski definition) is 5. The maximum absolute atomic E-state index is 5.72. The molecule has 3 N–H and O–H groups in total. The molecule has 1 aromatic carbocycles. The minimum atomic E-state index is -0.133. The maximum atomic E-state index is 5.72. The third-order valence-electron chi connectivity index (χ3n) is 3.69. The fourth-order valence-electron chi connectivity index (χ4n) is 2.24. The average molecular weight is 247 g/mol. The highest BCUT2D eigenvalue weighted by atomic mass is 16.5. The Morgan fingerprint density at radius 2 is 2.33 bits per heavy atom. The van der Waals surface area contributed by atoms with E-state index < -0.39 is 0 Å². The fraction of sp³-hybridized carbons (Fsp3) is 0.462. The maximum Gasteiger partial charge on any atom is 0.296 e. The summed E-state index contributed by atoms with van der Waals surface area (Å²) in [5.41, 5.74) is 7.77. The minimum absolute atomic E-state index is 0.133. The zero-order chi connectivity index (χ0) is 12.8. The number of ether oxygens (including phenoxy) is 1. The molecule has 96 valence electrons. The number of rotatable bonds is 2. The Labute approximate surface area is 105 Å². The van der Waals surface area contributed by atoms with Crippen LogP contribution >= 0.6 is 0 Å². The normalized spacial score (nSPS) is 27.8. The van der Waals surface area contributed by atoms with E-state index in [9.17, 15) is 0 Å². The number of nitrogens with two attached hydrogens (primary N) is 1. The van der Waals surface area contributed by atoms with Crippen LogP contribution in [0.5, 0.6) is 0 Å². The molecule has 1 aliphatic heterocycles. The first kappa shape index (κ1) is 11.3. The smallest absolute Gasteiger partial charge is 0.296 e. The molecule has 3 rings (SSSR count). The van der Waals surface area contributed by atoms with Gasteiger partial charge in [-0.1, -0.05) is 0 Å². The van der Waals surface area contributed by atoms with Crippen molar-refractivity contribution < 1.29 is 9.15 Å². The summed E-state index contributed by atoms with van der Waals surface area (Å²) in [5, 5.41) is 3.33. The SMILES string of the molecule is CC1OCCC1(C)Nc1nc2ccc(N)cc2o1. The van der Waals surface area contributed by atoms with Gasteiger partial charge in [-0.05, 0) is 32.4 Å². The van der Waals surface area contributed by atoms with Crippen molar-refractivity contribution in [3.63, 3.8) is 0 Å². The van der Waals surface area contributed by atoms with Gasteiger partial charge >= 0.3 is 0 Å². The number of nitrogens with zero attached hydrogens (tertiary/aromatic N) is 1. The Hall–Kier alpha value is -1.75. The molecule has 18 heavy (non-hydrogen) atoms. The summed E-state index contributed by atoms with van der Waals surface area (Å²) in [6.07, 6.45) is 1.08. The highest BCUT2D eigenvalue weighted by Gasteiger charge is 2.38. The predicted octanol–water partition coefficient (Wildman–Crippen LogP) is 2.39. The van der Waals surface area contributed by atoms with Crippen molar-refractivity contribution in [3.8, 4) is 0 Å². The molecule has 0 bridgehead atoms. The summed E-state index contributed by atoms with van der Waals surface area (Å²) in [4.78, 5) is 4.41. The van der Waals surface area contributed by atoms with Gasteiger partial charge in [-0.15, -0.1) is 0 Å². The van der Waals surface area contributed by atoms with Crippen molar-refractivity contribution in [2.24, 2.45) is 0 Å². The molecule has 5 nitrogen and oxygen atoms in total. The van der Waals surface area contributed by atoms with E-state index in [2.05, 4.69) is 24.1 Å². The van der Waals surface area contributed by atoms with Gasteiger partial charge in [-0.25, -0.2) is 0 Å². The Balaban J connectivity index is 1.91. The highest BCUT2D eigenvalue weighted by molar-refractivity contribution is 5.78. The van der Waals surface area contributed by atoms with Gasteiger partial charge in [-0.2, -0.15) is 4.98 Å². The predicted molar refractivity (Wildman–Crippen MR) is 70.5 cm³/mol. The van der Waals surface area contributed by atoms with E-state index in [0.717, 1.165) is 18.5 Å². The van der Waals surface area contributed by atoms with E-state index in [0.29, 0.717) is 17.3 Å². The molecule has 0 saturated carbocycles. The lowest BCUT2D eigenvalue weighted by Crippen LogP contribution is -2.41. The van der Waals surface area contributed by atoms with Gasteiger partial charge in [0, 0.05) is 18.4 Å². The third-order valence-corrected chi connectivity index (χ3v) is 3.69. The monoisotopic (exact) mass is 247 g/mol. The second kappa shape index (κ2) is 3.88. The lowest BCUT2D eigenvalue weighted by atomic mass is 9.95. The number of hydrogen-bond donors (Lipinski definition) is 2. The quantitative estimate of drug-likeness (QED) is 0.797. The van der Waals surface area contributed by atoms with Crippen LogP contribution in [0, 0.1) is 0 Å². The Kier molecular flexibility index (Phi) is 2.45. The number of fused-ring (bicyclic) bond motifs is 1. The lowest BCUT2D eigenvalue weighted by Gasteiger charge is -2.27. The van der Waals surface area contributed by atoms with Crippen LogP contribution in [0.4, 0.5) is 11.7 Å². The number of anilines is 2. The molecule has 5 heteroatoms. The molecule has 1 aromatic heterocycles. The molecule has 0 amide bonds. The van der Waals surface area contributed by atoms with Crippen molar-refractivity contribution >= 4 is 22.8 Å². The van der Waals surface area contributed by atoms with E-state index in [1.54, 1.807) is 6.07 Å². The van der Waals surface area contributed by atoms with Crippen LogP contribution in [0.25, 0.3) is 11.1 Å². The van der Waals surface area contributed by atoms with Gasteiger partial charge in [-0.3, -0.25) is 0 Å². The Morgan fingerprint density at radius 3 is 3.06 bits per heavy atom. The van der Waals surface area contributed by atoms with Crippen LogP contribution in [-0.2, 0) is 4.74 Å². The molecule has 1 fully saturated rings. The van der Waals surface area contributed by atoms with Gasteiger partial charge in [0.1, 0.15) is 5.52 Å². The van der Waals surface area contributed by atoms with Gasteiger partial charge in [0.15, 0.2) is 5.58 Å². The summed E-state index contributed by atoms with van der Waals surface area (Å²) in [7, 11) is 0. The molecule has 2 aromatic rings. The number of nitrogen functional groups attached to an aromatic ring is 1. The molecule has 1 aliphatic rings. The first-order valence-corrected chi connectivity index (χ1v) is 6.13. The van der Waals surface area contributed by atoms with Crippen LogP contribution < -0.4 is 11.1 Å². The van der Waals surface area contributed by atoms with E-state index >= 15 is 0 Å². The van der Waals surface area contributed by atoms with Crippen molar-refractivity contribution in [1.29, 1.82) is 0 Å². The molecule has 0 radical (unpaired) electrons. The Bertz CT molecular complexity index is 581. The van der Waals surface area contributed by atoms with E-state index in [1.807, 2.05) is 12.1 Å². The van der Waals surface area contributed by atoms with E-state index in [4.69, 9.17) is 14.9 Å². The van der Waals surface area contributed by atoms with E-state index in [-0.39, 0.29) is 11.6 Å². The number of oxazole rings is 1. The number of aromatic nitrogens is 1. The van der Waals surface area contributed by atoms with Crippen molar-refractivity contribution in [2.75, 3.05) is 17.7 Å². The van der Waals surface area contributed by atoms with Crippen molar-refractivity contribution in [2.45, 2.75) is 31.9 Å². The second-order valence-corrected chi connectivity index (χ2v) is 5.05. The van der Waals surface area contributed by atoms with Crippen LogP contribution in [0.1, 0.15) is 20.3 Å². The number of benzene rings is 1. The standard InChI is InChI=1S/C13H17N3O2/c1-8-13(2,5-6-17-8)16-12-15-10-4-3-9(14)7-11(10)18-12/h3-4,7-8H,5-6,14H2,1-2H3,(H,15,16). The minimum Gasteiger partial charge on any atom is -0.423 e. The molecule has 2 heterocycles. The zero-order valence-corrected chi connectivity index (χ0v) is 10.6. The third kappa shape index (κ3) is 1.80. The summed E-state index contributed by atoms with van der Waals surface area (Å²) in [6.45, 7) is 4.94. The van der Waals surface area contributed by atoms with Crippen LogP contribution in [0.15, 0.2) is 22.6 Å². The first-order chi connectivity index (χ1) is 8.57. The molecular weight excluding hydrogens is 230 g/mol. The van der Waals surface area contributed by atoms with Gasteiger partial charge in [0.05, 0.1) is 11.6 Å². The van der Waals surface area contributed by atoms with E-state index in [1.165, 1.54) is 0 Å². The molecular formula is C13H17N3O2. The van der Waals surface area contributed by atoms with Gasteiger partial charge in [0.25, 0.3) is 6.01 Å². The van der Waals surface area contributed by atoms with Crippen LogP contribution in [0.3, 0.4) is 0 Å². The molecule has 1 saturated heterocycles. The van der Waals surface area contributed by atoms with Gasteiger partial charge < -0.3 is 20.2 Å². The molecule has 2 atom stereocenters. The zero-order valence-electron chi connectivity index (χ0n) is 10.6. The highest BCUT2D eigenvalue weighted by Crippen LogP contribution is 2.30. The van der Waals surface area contributed by atoms with Crippen molar-refractivity contribution in [3.05, 3.63) is 18.2 Å². The average Bonchev–Trinajstić information content (AvgIpc) is 2.83. The first-order valence-electron chi connectivity index (χ1n) is 6.13. The lowest BCUT2D eigenvalue weighted by molar-refractivity contribution is 0.104.